The highest BCUT2D eigenvalue weighted by Gasteiger charge is 2.08. The Balaban J connectivity index is 0.00000288. The lowest BCUT2D eigenvalue weighted by atomic mass is 10.1. The van der Waals surface area contributed by atoms with Gasteiger partial charge in [-0.2, -0.15) is 0 Å². The van der Waals surface area contributed by atoms with Gasteiger partial charge in [0.25, 0.3) is 0 Å². The molecule has 0 radical (unpaired) electrons. The third-order valence-electron chi connectivity index (χ3n) is 3.68. The van der Waals surface area contributed by atoms with Crippen molar-refractivity contribution >= 4 is 18.3 Å². The Morgan fingerprint density at radius 3 is 2.58 bits per heavy atom. The number of ether oxygens (including phenoxy) is 1. The molecule has 2 rings (SSSR count). The zero-order valence-corrected chi connectivity index (χ0v) is 14.9. The van der Waals surface area contributed by atoms with Gasteiger partial charge in [-0.1, -0.05) is 42.5 Å². The lowest BCUT2D eigenvalue weighted by Gasteiger charge is -2.14. The highest BCUT2D eigenvalue weighted by atomic mass is 35.5. The fourth-order valence-electron chi connectivity index (χ4n) is 2.25. The third-order valence-corrected chi connectivity index (χ3v) is 3.68. The van der Waals surface area contributed by atoms with Crippen molar-refractivity contribution in [3.05, 3.63) is 65.2 Å². The fraction of sp³-hybridized carbons (Fsp3) is 0.316. The zero-order chi connectivity index (χ0) is 16.7. The van der Waals surface area contributed by atoms with E-state index in [9.17, 15) is 4.79 Å². The Labute approximate surface area is 149 Å². The molecule has 0 aliphatic heterocycles. The third kappa shape index (κ3) is 6.22. The van der Waals surface area contributed by atoms with Gasteiger partial charge in [0.1, 0.15) is 5.75 Å². The maximum atomic E-state index is 11.9. The summed E-state index contributed by atoms with van der Waals surface area (Å²) in [5.41, 5.74) is 9.28. The number of amides is 1. The van der Waals surface area contributed by atoms with Crippen LogP contribution in [0.4, 0.5) is 0 Å². The van der Waals surface area contributed by atoms with Crippen LogP contribution in [0.5, 0.6) is 5.75 Å². The second kappa shape index (κ2) is 9.96. The van der Waals surface area contributed by atoms with Gasteiger partial charge in [0.2, 0.25) is 5.91 Å². The maximum Gasteiger partial charge on any atom is 0.223 e. The molecule has 5 heteroatoms. The van der Waals surface area contributed by atoms with Gasteiger partial charge in [0.15, 0.2) is 0 Å². The Hall–Kier alpha value is -2.04. The van der Waals surface area contributed by atoms with Gasteiger partial charge in [0.05, 0.1) is 13.0 Å². The van der Waals surface area contributed by atoms with E-state index < -0.39 is 0 Å². The van der Waals surface area contributed by atoms with Crippen molar-refractivity contribution in [3.63, 3.8) is 0 Å². The summed E-state index contributed by atoms with van der Waals surface area (Å²) in [6, 6.07) is 15.6. The number of hydrogen-bond donors (Lipinski definition) is 2. The van der Waals surface area contributed by atoms with Gasteiger partial charge in [0, 0.05) is 12.6 Å². The topological polar surface area (TPSA) is 64.3 Å². The van der Waals surface area contributed by atoms with Crippen molar-refractivity contribution in [2.75, 3.05) is 13.2 Å². The molecule has 1 amide bonds. The normalized spacial score (nSPS) is 11.3. The minimum Gasteiger partial charge on any atom is -0.493 e. The molecule has 2 aromatic carbocycles. The number of hydrogen-bond acceptors (Lipinski definition) is 3. The molecule has 4 nitrogen and oxygen atoms in total. The predicted molar refractivity (Wildman–Crippen MR) is 99.7 cm³/mol. The molecule has 0 spiro atoms. The molecule has 0 heterocycles. The molecule has 24 heavy (non-hydrogen) atoms. The summed E-state index contributed by atoms with van der Waals surface area (Å²) in [6.45, 7) is 4.79. The molecule has 1 unspecified atom stereocenters. The first-order chi connectivity index (χ1) is 11.1. The lowest BCUT2D eigenvalue weighted by molar-refractivity contribution is -0.121. The number of nitrogens with two attached hydrogens (primary N) is 1. The quantitative estimate of drug-likeness (QED) is 0.806. The summed E-state index contributed by atoms with van der Waals surface area (Å²) in [6.07, 6.45) is 0.314. The van der Waals surface area contributed by atoms with Crippen LogP contribution in [0.3, 0.4) is 0 Å². The Morgan fingerprint density at radius 1 is 1.17 bits per heavy atom. The Bertz CT molecular complexity index is 647. The number of carbonyl (C=O) groups excluding carboxylic acids is 1. The van der Waals surface area contributed by atoms with E-state index in [1.54, 1.807) is 0 Å². The summed E-state index contributed by atoms with van der Waals surface area (Å²) in [5.74, 6) is 0.778. The summed E-state index contributed by atoms with van der Waals surface area (Å²) < 4.78 is 5.69. The summed E-state index contributed by atoms with van der Waals surface area (Å²) in [4.78, 5) is 11.9. The van der Waals surface area contributed by atoms with Gasteiger partial charge in [-0.15, -0.1) is 12.4 Å². The van der Waals surface area contributed by atoms with Gasteiger partial charge in [-0.05, 0) is 36.6 Å². The summed E-state index contributed by atoms with van der Waals surface area (Å²) >= 11 is 0. The van der Waals surface area contributed by atoms with Crippen LogP contribution >= 0.6 is 12.4 Å². The van der Waals surface area contributed by atoms with Crippen molar-refractivity contribution in [1.82, 2.24) is 5.32 Å². The lowest BCUT2D eigenvalue weighted by Crippen LogP contribution is -2.32. The van der Waals surface area contributed by atoms with Crippen LogP contribution in [0.1, 0.15) is 29.2 Å². The van der Waals surface area contributed by atoms with Crippen molar-refractivity contribution in [3.8, 4) is 5.75 Å². The molecule has 0 aliphatic rings. The average Bonchev–Trinajstić information content (AvgIpc) is 2.56. The van der Waals surface area contributed by atoms with E-state index in [1.165, 1.54) is 0 Å². The SMILES string of the molecule is Cc1ccc(C)c(OCCC(=O)NCC(N)c2ccccc2)c1.Cl. The van der Waals surface area contributed by atoms with Gasteiger partial charge in [-0.25, -0.2) is 0 Å². The molecule has 0 saturated heterocycles. The van der Waals surface area contributed by atoms with Gasteiger partial charge >= 0.3 is 0 Å². The fourth-order valence-corrected chi connectivity index (χ4v) is 2.25. The number of halogens is 1. The molecule has 1 atom stereocenters. The zero-order valence-electron chi connectivity index (χ0n) is 14.1. The average molecular weight is 349 g/mol. The molecule has 2 aromatic rings. The van der Waals surface area contributed by atoms with Crippen molar-refractivity contribution in [2.24, 2.45) is 5.73 Å². The van der Waals surface area contributed by atoms with E-state index in [0.717, 1.165) is 22.4 Å². The summed E-state index contributed by atoms with van der Waals surface area (Å²) in [7, 11) is 0. The molecular weight excluding hydrogens is 324 g/mol. The number of carbonyl (C=O) groups is 1. The van der Waals surface area contributed by atoms with E-state index >= 15 is 0 Å². The number of aryl methyl sites for hydroxylation is 2. The second-order valence-electron chi connectivity index (χ2n) is 5.69. The van der Waals surface area contributed by atoms with Crippen LogP contribution in [-0.2, 0) is 4.79 Å². The van der Waals surface area contributed by atoms with Crippen LogP contribution in [0.2, 0.25) is 0 Å². The molecule has 0 fully saturated rings. The van der Waals surface area contributed by atoms with E-state index in [0.29, 0.717) is 19.6 Å². The largest absolute Gasteiger partial charge is 0.493 e. The van der Waals surface area contributed by atoms with E-state index in [2.05, 4.69) is 5.32 Å². The molecule has 3 N–H and O–H groups in total. The first kappa shape index (κ1) is 20.0. The van der Waals surface area contributed by atoms with Gasteiger partial charge < -0.3 is 15.8 Å². The number of benzene rings is 2. The van der Waals surface area contributed by atoms with E-state index in [-0.39, 0.29) is 24.4 Å². The molecule has 130 valence electrons. The number of rotatable bonds is 7. The van der Waals surface area contributed by atoms with Crippen LogP contribution in [0.25, 0.3) is 0 Å². The molecular formula is C19H25ClN2O2. The Morgan fingerprint density at radius 2 is 1.88 bits per heavy atom. The predicted octanol–water partition coefficient (Wildman–Crippen LogP) is 3.31. The van der Waals surface area contributed by atoms with E-state index in [1.807, 2.05) is 62.4 Å². The minimum absolute atomic E-state index is 0. The molecule has 0 saturated carbocycles. The highest BCUT2D eigenvalue weighted by molar-refractivity contribution is 5.85. The van der Waals surface area contributed by atoms with Crippen molar-refractivity contribution < 1.29 is 9.53 Å². The monoisotopic (exact) mass is 348 g/mol. The van der Waals surface area contributed by atoms with Gasteiger partial charge in [-0.3, -0.25) is 4.79 Å². The van der Waals surface area contributed by atoms with Crippen LogP contribution < -0.4 is 15.8 Å². The smallest absolute Gasteiger partial charge is 0.223 e. The second-order valence-corrected chi connectivity index (χ2v) is 5.69. The maximum absolute atomic E-state index is 11.9. The highest BCUT2D eigenvalue weighted by Crippen LogP contribution is 2.19. The van der Waals surface area contributed by atoms with Crippen LogP contribution in [0, 0.1) is 13.8 Å². The van der Waals surface area contributed by atoms with Crippen molar-refractivity contribution in [1.29, 1.82) is 0 Å². The first-order valence-electron chi connectivity index (χ1n) is 7.83. The van der Waals surface area contributed by atoms with E-state index in [4.69, 9.17) is 10.5 Å². The van der Waals surface area contributed by atoms with Crippen molar-refractivity contribution in [2.45, 2.75) is 26.3 Å². The minimum atomic E-state index is -0.194. The molecule has 0 bridgehead atoms. The molecule has 0 aromatic heterocycles. The van der Waals surface area contributed by atoms with Crippen LogP contribution in [0.15, 0.2) is 48.5 Å². The van der Waals surface area contributed by atoms with Crippen LogP contribution in [-0.4, -0.2) is 19.1 Å². The first-order valence-corrected chi connectivity index (χ1v) is 7.83. The summed E-state index contributed by atoms with van der Waals surface area (Å²) in [5, 5.41) is 2.85. The Kier molecular flexibility index (Phi) is 8.30. The number of nitrogens with one attached hydrogen (secondary N) is 1. The standard InChI is InChI=1S/C19H24N2O2.ClH/c1-14-8-9-15(2)18(12-14)23-11-10-19(22)21-13-17(20)16-6-4-3-5-7-16;/h3-9,12,17H,10-11,13,20H2,1-2H3,(H,21,22);1H. The molecule has 0 aliphatic carbocycles.